The van der Waals surface area contributed by atoms with Gasteiger partial charge in [-0.2, -0.15) is 0 Å². The van der Waals surface area contributed by atoms with Crippen LogP contribution in [-0.2, 0) is 14.8 Å². The maximum absolute atomic E-state index is 12.0. The predicted molar refractivity (Wildman–Crippen MR) is 109 cm³/mol. The molecule has 1 amide bonds. The van der Waals surface area contributed by atoms with Crippen LogP contribution in [0.5, 0.6) is 11.5 Å². The number of hydrogen-bond acceptors (Lipinski definition) is 6. The lowest BCUT2D eigenvalue weighted by Gasteiger charge is -2.08. The number of sulfonamides is 1. The van der Waals surface area contributed by atoms with E-state index < -0.39 is 10.0 Å². The van der Waals surface area contributed by atoms with Gasteiger partial charge in [-0.15, -0.1) is 0 Å². The van der Waals surface area contributed by atoms with E-state index in [9.17, 15) is 13.2 Å². The SMILES string of the molecule is CCOc1ccc(OCCNC(=O)CCN=C2NS(=O)(=O)c3ccccc32)cc1. The fourth-order valence-electron chi connectivity index (χ4n) is 2.77. The Morgan fingerprint density at radius 1 is 1.07 bits per heavy atom. The molecule has 154 valence electrons. The van der Waals surface area contributed by atoms with Crippen LogP contribution in [0.1, 0.15) is 18.9 Å². The van der Waals surface area contributed by atoms with E-state index in [1.807, 2.05) is 31.2 Å². The second kappa shape index (κ2) is 9.42. The van der Waals surface area contributed by atoms with Crippen LogP contribution in [0.25, 0.3) is 0 Å². The molecule has 0 aromatic heterocycles. The summed E-state index contributed by atoms with van der Waals surface area (Å²) in [5.74, 6) is 1.56. The van der Waals surface area contributed by atoms with Crippen molar-refractivity contribution >= 4 is 21.8 Å². The Balaban J connectivity index is 1.39. The van der Waals surface area contributed by atoms with Crippen LogP contribution in [0.3, 0.4) is 0 Å². The lowest BCUT2D eigenvalue weighted by molar-refractivity contribution is -0.120. The van der Waals surface area contributed by atoms with Crippen molar-refractivity contribution in [2.75, 3.05) is 26.3 Å². The maximum Gasteiger partial charge on any atom is 0.263 e. The second-order valence-electron chi connectivity index (χ2n) is 6.18. The van der Waals surface area contributed by atoms with E-state index in [0.29, 0.717) is 31.1 Å². The standard InChI is InChI=1S/C20H23N3O5S/c1-2-27-15-7-9-16(10-8-15)28-14-13-21-19(24)11-12-22-20-17-5-3-4-6-18(17)29(25,26)23-20/h3-10H,2,11-14H2,1H3,(H,21,24)(H,22,23). The number of fused-ring (bicyclic) bond motifs is 1. The first-order chi connectivity index (χ1) is 14.0. The lowest BCUT2D eigenvalue weighted by atomic mass is 10.2. The highest BCUT2D eigenvalue weighted by molar-refractivity contribution is 7.90. The molecule has 0 saturated heterocycles. The van der Waals surface area contributed by atoms with Crippen molar-refractivity contribution in [2.24, 2.45) is 4.99 Å². The third kappa shape index (κ3) is 5.47. The van der Waals surface area contributed by atoms with Gasteiger partial charge in [0.1, 0.15) is 23.9 Å². The highest BCUT2D eigenvalue weighted by atomic mass is 32.2. The molecule has 0 radical (unpaired) electrons. The van der Waals surface area contributed by atoms with E-state index in [4.69, 9.17) is 9.47 Å². The number of aliphatic imine (C=N–C) groups is 1. The molecular weight excluding hydrogens is 394 g/mol. The summed E-state index contributed by atoms with van der Waals surface area (Å²) in [4.78, 5) is 16.4. The number of ether oxygens (including phenoxy) is 2. The number of nitrogens with one attached hydrogen (secondary N) is 2. The summed E-state index contributed by atoms with van der Waals surface area (Å²) in [7, 11) is -3.56. The van der Waals surface area contributed by atoms with Crippen molar-refractivity contribution in [1.82, 2.24) is 10.0 Å². The maximum atomic E-state index is 12.0. The Morgan fingerprint density at radius 2 is 1.76 bits per heavy atom. The molecule has 0 unspecified atom stereocenters. The highest BCUT2D eigenvalue weighted by Crippen LogP contribution is 2.22. The summed E-state index contributed by atoms with van der Waals surface area (Å²) in [5.41, 5.74) is 0.525. The molecule has 1 heterocycles. The Morgan fingerprint density at radius 3 is 2.48 bits per heavy atom. The summed E-state index contributed by atoms with van der Waals surface area (Å²) >= 11 is 0. The van der Waals surface area contributed by atoms with E-state index in [1.165, 1.54) is 6.07 Å². The molecule has 2 aromatic rings. The van der Waals surface area contributed by atoms with Crippen LogP contribution in [0.2, 0.25) is 0 Å². The second-order valence-corrected chi connectivity index (χ2v) is 7.84. The molecule has 1 aliphatic heterocycles. The number of rotatable bonds is 9. The van der Waals surface area contributed by atoms with Gasteiger partial charge < -0.3 is 14.8 Å². The van der Waals surface area contributed by atoms with Gasteiger partial charge in [-0.25, -0.2) is 8.42 Å². The van der Waals surface area contributed by atoms with Gasteiger partial charge in [-0.05, 0) is 43.3 Å². The molecule has 3 rings (SSSR count). The van der Waals surface area contributed by atoms with Crippen molar-refractivity contribution in [3.05, 3.63) is 54.1 Å². The molecule has 0 fully saturated rings. The van der Waals surface area contributed by atoms with E-state index in [-0.39, 0.29) is 29.6 Å². The monoisotopic (exact) mass is 417 g/mol. The van der Waals surface area contributed by atoms with Crippen molar-refractivity contribution in [2.45, 2.75) is 18.2 Å². The molecule has 0 saturated carbocycles. The molecule has 2 aromatic carbocycles. The van der Waals surface area contributed by atoms with Crippen LogP contribution in [-0.4, -0.2) is 46.5 Å². The minimum absolute atomic E-state index is 0.149. The van der Waals surface area contributed by atoms with Gasteiger partial charge in [-0.1, -0.05) is 12.1 Å². The first kappa shape index (κ1) is 20.7. The lowest BCUT2D eigenvalue weighted by Crippen LogP contribution is -2.28. The van der Waals surface area contributed by atoms with Crippen LogP contribution in [0, 0.1) is 0 Å². The summed E-state index contributed by atoms with van der Waals surface area (Å²) in [6, 6.07) is 13.9. The van der Waals surface area contributed by atoms with Gasteiger partial charge in [0.2, 0.25) is 5.91 Å². The average molecular weight is 417 g/mol. The van der Waals surface area contributed by atoms with Crippen molar-refractivity contribution in [1.29, 1.82) is 0 Å². The summed E-state index contributed by atoms with van der Waals surface area (Å²) < 4.78 is 37.4. The van der Waals surface area contributed by atoms with Gasteiger partial charge >= 0.3 is 0 Å². The van der Waals surface area contributed by atoms with Gasteiger partial charge in [0.25, 0.3) is 10.0 Å². The fraction of sp³-hybridized carbons (Fsp3) is 0.300. The average Bonchev–Trinajstić information content (AvgIpc) is 2.97. The third-order valence-electron chi connectivity index (χ3n) is 4.10. The zero-order chi connectivity index (χ0) is 20.7. The van der Waals surface area contributed by atoms with Gasteiger partial charge in [0, 0.05) is 12.0 Å². The van der Waals surface area contributed by atoms with Crippen LogP contribution in [0.4, 0.5) is 0 Å². The Bertz CT molecular complexity index is 987. The molecule has 0 bridgehead atoms. The smallest absolute Gasteiger partial charge is 0.263 e. The normalized spacial score (nSPS) is 15.4. The molecule has 8 nitrogen and oxygen atoms in total. The number of hydrogen-bond donors (Lipinski definition) is 2. The number of carbonyl (C=O) groups excluding carboxylic acids is 1. The number of nitrogens with zero attached hydrogens (tertiary/aromatic N) is 1. The van der Waals surface area contributed by atoms with E-state index in [1.54, 1.807) is 18.2 Å². The topological polar surface area (TPSA) is 106 Å². The molecule has 2 N–H and O–H groups in total. The first-order valence-corrected chi connectivity index (χ1v) is 10.8. The predicted octanol–water partition coefficient (Wildman–Crippen LogP) is 1.71. The zero-order valence-corrected chi connectivity index (χ0v) is 16.9. The third-order valence-corrected chi connectivity index (χ3v) is 5.50. The minimum atomic E-state index is -3.56. The molecular formula is C20H23N3O5S. The molecule has 9 heteroatoms. The highest BCUT2D eigenvalue weighted by Gasteiger charge is 2.29. The van der Waals surface area contributed by atoms with E-state index in [2.05, 4.69) is 15.0 Å². The van der Waals surface area contributed by atoms with Crippen LogP contribution >= 0.6 is 0 Å². The van der Waals surface area contributed by atoms with Gasteiger partial charge in [0.05, 0.1) is 24.6 Å². The molecule has 0 aliphatic carbocycles. The first-order valence-electron chi connectivity index (χ1n) is 9.28. The Labute approximate surface area is 170 Å². The summed E-state index contributed by atoms with van der Waals surface area (Å²) in [6.45, 7) is 3.40. The number of amides is 1. The van der Waals surface area contributed by atoms with E-state index >= 15 is 0 Å². The van der Waals surface area contributed by atoms with Crippen molar-refractivity contribution in [3.8, 4) is 11.5 Å². The van der Waals surface area contributed by atoms with Crippen molar-refractivity contribution < 1.29 is 22.7 Å². The van der Waals surface area contributed by atoms with Gasteiger partial charge in [0.15, 0.2) is 0 Å². The number of carbonyl (C=O) groups is 1. The minimum Gasteiger partial charge on any atom is -0.494 e. The Kier molecular flexibility index (Phi) is 6.71. The van der Waals surface area contributed by atoms with Crippen LogP contribution in [0.15, 0.2) is 58.4 Å². The van der Waals surface area contributed by atoms with Crippen molar-refractivity contribution in [3.63, 3.8) is 0 Å². The molecule has 0 spiro atoms. The van der Waals surface area contributed by atoms with Crippen LogP contribution < -0.4 is 19.5 Å². The molecule has 1 aliphatic rings. The van der Waals surface area contributed by atoms with Gasteiger partial charge in [-0.3, -0.25) is 14.5 Å². The molecule has 0 atom stereocenters. The summed E-state index contributed by atoms with van der Waals surface area (Å²) in [5, 5.41) is 2.75. The number of amidine groups is 1. The largest absolute Gasteiger partial charge is 0.494 e. The van der Waals surface area contributed by atoms with E-state index in [0.717, 1.165) is 5.75 Å². The Hall–Kier alpha value is -3.07. The zero-order valence-electron chi connectivity index (χ0n) is 16.1. The number of benzene rings is 2. The quantitative estimate of drug-likeness (QED) is 0.604. The fourth-order valence-corrected chi connectivity index (χ4v) is 4.02. The molecule has 29 heavy (non-hydrogen) atoms. The summed E-state index contributed by atoms with van der Waals surface area (Å²) in [6.07, 6.45) is 0.149.